The van der Waals surface area contributed by atoms with E-state index in [9.17, 15) is 4.79 Å². The molecule has 0 radical (unpaired) electrons. The molecule has 0 aromatic rings. The van der Waals surface area contributed by atoms with Gasteiger partial charge in [0, 0.05) is 0 Å². The first-order valence-electron chi connectivity index (χ1n) is 7.33. The van der Waals surface area contributed by atoms with Crippen molar-refractivity contribution in [3.8, 4) is 0 Å². The highest BCUT2D eigenvalue weighted by Crippen LogP contribution is 2.55. The zero-order valence-electron chi connectivity index (χ0n) is 12.0. The van der Waals surface area contributed by atoms with Gasteiger partial charge < -0.3 is 15.9 Å². The maximum atomic E-state index is 11.0. The van der Waals surface area contributed by atoms with Crippen LogP contribution in [0.3, 0.4) is 0 Å². The van der Waals surface area contributed by atoms with Gasteiger partial charge in [0.15, 0.2) is 0 Å². The molecule has 114 valence electrons. The van der Waals surface area contributed by atoms with Crippen molar-refractivity contribution in [1.29, 1.82) is 0 Å². The first-order valence-corrected chi connectivity index (χ1v) is 7.33. The minimum absolute atomic E-state index is 0.105. The molecular weight excluding hydrogens is 258 g/mol. The molecule has 0 saturated heterocycles. The summed E-state index contributed by atoms with van der Waals surface area (Å²) in [4.78, 5) is 19.8. The summed E-state index contributed by atoms with van der Waals surface area (Å²) in [5.41, 5.74) is 4.03. The van der Waals surface area contributed by atoms with Gasteiger partial charge in [0.1, 0.15) is 0 Å². The average Bonchev–Trinajstić information content (AvgIpc) is 2.94. The highest BCUT2D eigenvalue weighted by atomic mass is 16.4. The van der Waals surface area contributed by atoms with Crippen LogP contribution in [0.15, 0.2) is 12.2 Å². The molecule has 0 aromatic carbocycles. The number of fused-ring (bicyclic) bond motifs is 1. The van der Waals surface area contributed by atoms with Crippen molar-refractivity contribution in [2.75, 3.05) is 0 Å². The van der Waals surface area contributed by atoms with E-state index in [1.54, 1.807) is 0 Å². The SMILES string of the molecule is CCC(CC1[C@H]2CC/C=C/CC[C@@H]12)C(=O)O.NC(=O)O. The van der Waals surface area contributed by atoms with Crippen LogP contribution in [0.4, 0.5) is 4.79 Å². The number of aliphatic carboxylic acids is 1. The summed E-state index contributed by atoms with van der Waals surface area (Å²) in [6, 6.07) is 0. The maximum absolute atomic E-state index is 11.0. The normalized spacial score (nSPS) is 30.6. The van der Waals surface area contributed by atoms with Crippen molar-refractivity contribution < 1.29 is 19.8 Å². The molecule has 1 amide bonds. The maximum Gasteiger partial charge on any atom is 0.402 e. The molecular formula is C15H25NO4. The Hall–Kier alpha value is -1.52. The van der Waals surface area contributed by atoms with Crippen LogP contribution < -0.4 is 5.73 Å². The molecule has 0 spiro atoms. The molecule has 0 aliphatic heterocycles. The fourth-order valence-corrected chi connectivity index (χ4v) is 3.31. The summed E-state index contributed by atoms with van der Waals surface area (Å²) in [5.74, 6) is 1.67. The molecule has 4 atom stereocenters. The molecule has 4 N–H and O–H groups in total. The summed E-state index contributed by atoms with van der Waals surface area (Å²) < 4.78 is 0. The zero-order chi connectivity index (χ0) is 15.1. The van der Waals surface area contributed by atoms with E-state index in [1.807, 2.05) is 6.92 Å². The second-order valence-electron chi connectivity index (χ2n) is 5.64. The van der Waals surface area contributed by atoms with Crippen LogP contribution in [0, 0.1) is 23.7 Å². The molecule has 0 heterocycles. The fourth-order valence-electron chi connectivity index (χ4n) is 3.31. The van der Waals surface area contributed by atoms with E-state index in [0.717, 1.165) is 24.7 Å². The lowest BCUT2D eigenvalue weighted by molar-refractivity contribution is -0.142. The van der Waals surface area contributed by atoms with E-state index in [-0.39, 0.29) is 5.92 Å². The summed E-state index contributed by atoms with van der Waals surface area (Å²) >= 11 is 0. The summed E-state index contributed by atoms with van der Waals surface area (Å²) in [5, 5.41) is 16.3. The molecule has 1 fully saturated rings. The average molecular weight is 283 g/mol. The van der Waals surface area contributed by atoms with Gasteiger partial charge in [0.05, 0.1) is 5.92 Å². The second-order valence-corrected chi connectivity index (χ2v) is 5.64. The van der Waals surface area contributed by atoms with E-state index in [1.165, 1.54) is 25.7 Å². The minimum Gasteiger partial charge on any atom is -0.481 e. The molecule has 2 rings (SSSR count). The molecule has 2 unspecified atom stereocenters. The number of carboxylic acid groups (broad SMARTS) is 2. The van der Waals surface area contributed by atoms with Crippen molar-refractivity contribution in [2.24, 2.45) is 29.4 Å². The van der Waals surface area contributed by atoms with E-state index in [2.05, 4.69) is 17.9 Å². The predicted octanol–water partition coefficient (Wildman–Crippen LogP) is 3.10. The molecule has 5 nitrogen and oxygen atoms in total. The van der Waals surface area contributed by atoms with Crippen molar-refractivity contribution in [2.45, 2.75) is 45.4 Å². The Morgan fingerprint density at radius 3 is 2.00 bits per heavy atom. The standard InChI is InChI=1S/C14H22O2.CH3NO2/c1-2-10(14(15)16)9-13-11-7-5-3-4-6-8-12(11)13;2-1(3)4/h3-4,10-13H,2,5-9H2,1H3,(H,15,16);2H2,(H,3,4)/b4-3+;/t10?,11-,12+,13?;. The van der Waals surface area contributed by atoms with E-state index in [4.69, 9.17) is 15.0 Å². The lowest BCUT2D eigenvalue weighted by Crippen LogP contribution is -2.13. The lowest BCUT2D eigenvalue weighted by atomic mass is 9.97. The number of amides is 1. The molecule has 0 bridgehead atoms. The minimum atomic E-state index is -1.33. The van der Waals surface area contributed by atoms with E-state index >= 15 is 0 Å². The first-order chi connectivity index (χ1) is 9.47. The Morgan fingerprint density at radius 2 is 1.65 bits per heavy atom. The molecule has 2 aliphatic carbocycles. The molecule has 0 aromatic heterocycles. The van der Waals surface area contributed by atoms with Crippen LogP contribution in [0.25, 0.3) is 0 Å². The number of hydrogen-bond acceptors (Lipinski definition) is 2. The van der Waals surface area contributed by atoms with Gasteiger partial charge in [-0.15, -0.1) is 0 Å². The molecule has 5 heteroatoms. The third-order valence-corrected chi connectivity index (χ3v) is 4.41. The van der Waals surface area contributed by atoms with Gasteiger partial charge in [0.25, 0.3) is 0 Å². The summed E-state index contributed by atoms with van der Waals surface area (Å²) in [7, 11) is 0. The van der Waals surface area contributed by atoms with Gasteiger partial charge >= 0.3 is 12.1 Å². The van der Waals surface area contributed by atoms with E-state index in [0.29, 0.717) is 5.92 Å². The number of carboxylic acids is 1. The van der Waals surface area contributed by atoms with Crippen molar-refractivity contribution in [3.63, 3.8) is 0 Å². The van der Waals surface area contributed by atoms with E-state index < -0.39 is 12.1 Å². The van der Waals surface area contributed by atoms with Gasteiger partial charge in [0.2, 0.25) is 0 Å². The van der Waals surface area contributed by atoms with Crippen LogP contribution in [-0.2, 0) is 4.79 Å². The number of rotatable bonds is 4. The van der Waals surface area contributed by atoms with Gasteiger partial charge in [-0.2, -0.15) is 0 Å². The van der Waals surface area contributed by atoms with Gasteiger partial charge in [-0.3, -0.25) is 4.79 Å². The van der Waals surface area contributed by atoms with Gasteiger partial charge in [-0.05, 0) is 56.3 Å². The molecule has 1 saturated carbocycles. The third kappa shape index (κ3) is 5.23. The topological polar surface area (TPSA) is 101 Å². The Labute approximate surface area is 119 Å². The quantitative estimate of drug-likeness (QED) is 0.690. The number of hydrogen-bond donors (Lipinski definition) is 3. The van der Waals surface area contributed by atoms with Crippen LogP contribution in [0.2, 0.25) is 0 Å². The largest absolute Gasteiger partial charge is 0.481 e. The third-order valence-electron chi connectivity index (χ3n) is 4.41. The van der Waals surface area contributed by atoms with Crippen molar-refractivity contribution in [1.82, 2.24) is 0 Å². The van der Waals surface area contributed by atoms with Crippen LogP contribution in [0.5, 0.6) is 0 Å². The fraction of sp³-hybridized carbons (Fsp3) is 0.733. The Kier molecular flexibility index (Phi) is 6.55. The Morgan fingerprint density at radius 1 is 1.20 bits per heavy atom. The second kappa shape index (κ2) is 7.92. The first kappa shape index (κ1) is 16.5. The van der Waals surface area contributed by atoms with Gasteiger partial charge in [-0.1, -0.05) is 19.1 Å². The highest BCUT2D eigenvalue weighted by molar-refractivity contribution is 5.69. The smallest absolute Gasteiger partial charge is 0.402 e. The number of allylic oxidation sites excluding steroid dienone is 2. The highest BCUT2D eigenvalue weighted by Gasteiger charge is 2.49. The monoisotopic (exact) mass is 283 g/mol. The van der Waals surface area contributed by atoms with Gasteiger partial charge in [-0.25, -0.2) is 4.79 Å². The Bertz CT molecular complexity index is 347. The zero-order valence-corrected chi connectivity index (χ0v) is 12.0. The van der Waals surface area contributed by atoms with Crippen LogP contribution >= 0.6 is 0 Å². The van der Waals surface area contributed by atoms with Crippen molar-refractivity contribution in [3.05, 3.63) is 12.2 Å². The predicted molar refractivity (Wildman–Crippen MR) is 76.3 cm³/mol. The van der Waals surface area contributed by atoms with Crippen molar-refractivity contribution >= 4 is 12.1 Å². The number of carbonyl (C=O) groups is 2. The number of nitrogens with two attached hydrogens (primary N) is 1. The Balaban J connectivity index is 0.000000444. The summed E-state index contributed by atoms with van der Waals surface area (Å²) in [6.07, 6.45) is 9.90. The number of primary amides is 1. The summed E-state index contributed by atoms with van der Waals surface area (Å²) in [6.45, 7) is 1.99. The lowest BCUT2D eigenvalue weighted by Gasteiger charge is -2.08. The van der Waals surface area contributed by atoms with Crippen LogP contribution in [-0.4, -0.2) is 22.3 Å². The molecule has 2 aliphatic rings. The van der Waals surface area contributed by atoms with Crippen LogP contribution in [0.1, 0.15) is 45.4 Å². The molecule has 20 heavy (non-hydrogen) atoms.